The molecule has 1 fully saturated rings. The number of para-hydroxylation sites is 1. The van der Waals surface area contributed by atoms with Crippen LogP contribution in [0.15, 0.2) is 53.4 Å². The van der Waals surface area contributed by atoms with E-state index in [-0.39, 0.29) is 22.1 Å². The lowest BCUT2D eigenvalue weighted by atomic mass is 10.1. The van der Waals surface area contributed by atoms with Gasteiger partial charge in [-0.1, -0.05) is 12.1 Å². The van der Waals surface area contributed by atoms with Gasteiger partial charge in [0, 0.05) is 13.1 Å². The van der Waals surface area contributed by atoms with Crippen molar-refractivity contribution in [3.05, 3.63) is 59.9 Å². The van der Waals surface area contributed by atoms with Crippen molar-refractivity contribution in [2.75, 3.05) is 24.4 Å². The number of carbonyl (C=O) groups excluding carboxylic acids is 2. The fourth-order valence-electron chi connectivity index (χ4n) is 3.01. The molecular formula is C20H21FN2O5S. The highest BCUT2D eigenvalue weighted by Crippen LogP contribution is 2.21. The summed E-state index contributed by atoms with van der Waals surface area (Å²) in [5.41, 5.74) is -0.0168. The first-order valence-corrected chi connectivity index (χ1v) is 10.7. The van der Waals surface area contributed by atoms with Gasteiger partial charge in [-0.3, -0.25) is 9.52 Å². The van der Waals surface area contributed by atoms with Gasteiger partial charge in [-0.2, -0.15) is 0 Å². The number of benzene rings is 2. The maximum Gasteiger partial charge on any atom is 0.340 e. The highest BCUT2D eigenvalue weighted by Gasteiger charge is 2.22. The zero-order chi connectivity index (χ0) is 20.9. The lowest BCUT2D eigenvalue weighted by Gasteiger charge is -2.26. The Balaban J connectivity index is 1.70. The average molecular weight is 420 g/mol. The third-order valence-electron chi connectivity index (χ3n) is 4.55. The quantitative estimate of drug-likeness (QED) is 0.726. The fraction of sp³-hybridized carbons (Fsp3) is 0.300. The fourth-order valence-corrected chi connectivity index (χ4v) is 4.09. The number of halogens is 1. The molecule has 1 heterocycles. The number of hydrogen-bond donors (Lipinski definition) is 1. The maximum atomic E-state index is 13.0. The molecule has 0 aromatic heterocycles. The number of anilines is 1. The Labute approximate surface area is 168 Å². The van der Waals surface area contributed by atoms with Crippen molar-refractivity contribution in [1.29, 1.82) is 0 Å². The van der Waals surface area contributed by atoms with E-state index in [0.717, 1.165) is 43.5 Å². The molecule has 1 aliphatic heterocycles. The van der Waals surface area contributed by atoms with Crippen LogP contribution in [-0.2, 0) is 19.6 Å². The number of carbonyl (C=O) groups is 2. The molecule has 2 aromatic carbocycles. The van der Waals surface area contributed by atoms with Crippen LogP contribution in [0.5, 0.6) is 0 Å². The Bertz CT molecular complexity index is 986. The summed E-state index contributed by atoms with van der Waals surface area (Å²) in [6.45, 7) is 0.882. The van der Waals surface area contributed by atoms with Crippen LogP contribution in [0.25, 0.3) is 0 Å². The number of amides is 1. The Hall–Kier alpha value is -2.94. The molecule has 29 heavy (non-hydrogen) atoms. The summed E-state index contributed by atoms with van der Waals surface area (Å²) in [6.07, 6.45) is 2.92. The number of rotatable bonds is 6. The number of nitrogens with one attached hydrogen (secondary N) is 1. The van der Waals surface area contributed by atoms with Crippen LogP contribution in [-0.4, -0.2) is 44.9 Å². The highest BCUT2D eigenvalue weighted by molar-refractivity contribution is 7.92. The minimum Gasteiger partial charge on any atom is -0.452 e. The van der Waals surface area contributed by atoms with Gasteiger partial charge in [-0.25, -0.2) is 17.6 Å². The first kappa shape index (κ1) is 20.8. The minimum atomic E-state index is -4.03. The number of piperidine rings is 1. The highest BCUT2D eigenvalue weighted by atomic mass is 32.2. The van der Waals surface area contributed by atoms with Gasteiger partial charge in [-0.05, 0) is 55.7 Å². The van der Waals surface area contributed by atoms with E-state index in [2.05, 4.69) is 4.72 Å². The Morgan fingerprint density at radius 1 is 1.00 bits per heavy atom. The third kappa shape index (κ3) is 5.32. The number of sulfonamides is 1. The van der Waals surface area contributed by atoms with Crippen LogP contribution in [0.3, 0.4) is 0 Å². The molecule has 0 bridgehead atoms. The van der Waals surface area contributed by atoms with Crippen molar-refractivity contribution in [3.63, 3.8) is 0 Å². The van der Waals surface area contributed by atoms with E-state index in [1.807, 2.05) is 0 Å². The Kier molecular flexibility index (Phi) is 6.48. The molecular weight excluding hydrogens is 399 g/mol. The summed E-state index contributed by atoms with van der Waals surface area (Å²) in [7, 11) is -4.03. The van der Waals surface area contributed by atoms with Gasteiger partial charge < -0.3 is 9.64 Å². The van der Waals surface area contributed by atoms with Crippen LogP contribution in [0.1, 0.15) is 29.6 Å². The van der Waals surface area contributed by atoms with Gasteiger partial charge in [0.2, 0.25) is 0 Å². The van der Waals surface area contributed by atoms with Crippen molar-refractivity contribution in [2.45, 2.75) is 24.2 Å². The van der Waals surface area contributed by atoms with Crippen molar-refractivity contribution < 1.29 is 27.1 Å². The normalized spacial score (nSPS) is 14.3. The largest absolute Gasteiger partial charge is 0.452 e. The molecule has 1 saturated heterocycles. The van der Waals surface area contributed by atoms with Gasteiger partial charge in [0.25, 0.3) is 15.9 Å². The number of esters is 1. The molecule has 7 nitrogen and oxygen atoms in total. The lowest BCUT2D eigenvalue weighted by Crippen LogP contribution is -2.38. The van der Waals surface area contributed by atoms with Crippen molar-refractivity contribution in [3.8, 4) is 0 Å². The van der Waals surface area contributed by atoms with Gasteiger partial charge in [0.05, 0.1) is 16.1 Å². The van der Waals surface area contributed by atoms with Crippen molar-refractivity contribution in [1.82, 2.24) is 4.90 Å². The second-order valence-corrected chi connectivity index (χ2v) is 8.30. The molecule has 1 aliphatic rings. The number of ether oxygens (including phenoxy) is 1. The van der Waals surface area contributed by atoms with Gasteiger partial charge in [0.15, 0.2) is 6.61 Å². The maximum absolute atomic E-state index is 13.0. The van der Waals surface area contributed by atoms with Crippen LogP contribution in [0, 0.1) is 5.82 Å². The van der Waals surface area contributed by atoms with Gasteiger partial charge in [-0.15, -0.1) is 0 Å². The molecule has 9 heteroatoms. The van der Waals surface area contributed by atoms with Crippen LogP contribution in [0.4, 0.5) is 10.1 Å². The predicted octanol–water partition coefficient (Wildman–Crippen LogP) is 2.80. The SMILES string of the molecule is O=C(OCC(=O)N1CCCCC1)c1ccccc1NS(=O)(=O)c1ccc(F)cc1. The smallest absolute Gasteiger partial charge is 0.340 e. The van der Waals surface area contributed by atoms with E-state index < -0.39 is 28.4 Å². The lowest BCUT2D eigenvalue weighted by molar-refractivity contribution is -0.135. The summed E-state index contributed by atoms with van der Waals surface area (Å²) in [5, 5.41) is 0. The molecule has 1 amide bonds. The Morgan fingerprint density at radius 2 is 1.66 bits per heavy atom. The second-order valence-electron chi connectivity index (χ2n) is 6.62. The van der Waals surface area contributed by atoms with Crippen molar-refractivity contribution >= 4 is 27.6 Å². The molecule has 3 rings (SSSR count). The molecule has 2 aromatic rings. The van der Waals surface area contributed by atoms with Gasteiger partial charge in [0.1, 0.15) is 5.82 Å². The summed E-state index contributed by atoms with van der Waals surface area (Å²) in [6, 6.07) is 10.2. The summed E-state index contributed by atoms with van der Waals surface area (Å²) >= 11 is 0. The van der Waals surface area contributed by atoms with E-state index in [1.54, 1.807) is 17.0 Å². The van der Waals surface area contributed by atoms with Crippen LogP contribution in [0.2, 0.25) is 0 Å². The molecule has 0 saturated carbocycles. The Morgan fingerprint density at radius 3 is 2.34 bits per heavy atom. The number of nitrogens with zero attached hydrogens (tertiary/aromatic N) is 1. The first-order chi connectivity index (χ1) is 13.9. The topological polar surface area (TPSA) is 92.8 Å². The zero-order valence-corrected chi connectivity index (χ0v) is 16.5. The molecule has 0 atom stereocenters. The minimum absolute atomic E-state index is 0.00671. The van der Waals surface area contributed by atoms with E-state index in [1.165, 1.54) is 12.1 Å². The van der Waals surface area contributed by atoms with E-state index in [4.69, 9.17) is 4.74 Å². The average Bonchev–Trinajstić information content (AvgIpc) is 2.73. The molecule has 1 N–H and O–H groups in total. The first-order valence-electron chi connectivity index (χ1n) is 9.19. The molecule has 154 valence electrons. The van der Waals surface area contributed by atoms with E-state index in [0.29, 0.717) is 13.1 Å². The molecule has 0 radical (unpaired) electrons. The predicted molar refractivity (Wildman–Crippen MR) is 104 cm³/mol. The van der Waals surface area contributed by atoms with Crippen LogP contribution < -0.4 is 4.72 Å². The third-order valence-corrected chi connectivity index (χ3v) is 5.93. The second kappa shape index (κ2) is 9.04. The molecule has 0 spiro atoms. The van der Waals surface area contributed by atoms with Crippen LogP contribution >= 0.6 is 0 Å². The van der Waals surface area contributed by atoms with E-state index in [9.17, 15) is 22.4 Å². The standard InChI is InChI=1S/C20H21FN2O5S/c21-15-8-10-16(11-9-15)29(26,27)22-18-7-3-2-6-17(18)20(25)28-14-19(24)23-12-4-1-5-13-23/h2-3,6-11,22H,1,4-5,12-14H2. The zero-order valence-electron chi connectivity index (χ0n) is 15.6. The number of likely N-dealkylation sites (tertiary alicyclic amines) is 1. The van der Waals surface area contributed by atoms with E-state index >= 15 is 0 Å². The van der Waals surface area contributed by atoms with Crippen molar-refractivity contribution in [2.24, 2.45) is 0 Å². The summed E-state index contributed by atoms with van der Waals surface area (Å²) in [4.78, 5) is 26.1. The monoisotopic (exact) mass is 420 g/mol. The number of hydrogen-bond acceptors (Lipinski definition) is 5. The molecule has 0 aliphatic carbocycles. The summed E-state index contributed by atoms with van der Waals surface area (Å²) in [5.74, 6) is -1.65. The summed E-state index contributed by atoms with van der Waals surface area (Å²) < 4.78 is 45.5. The molecule has 0 unspecified atom stereocenters. The van der Waals surface area contributed by atoms with Gasteiger partial charge >= 0.3 is 5.97 Å².